The van der Waals surface area contributed by atoms with Crippen LogP contribution in [0, 0.1) is 11.6 Å². The molecule has 0 radical (unpaired) electrons. The number of hydrogen-bond donors (Lipinski definition) is 2. The number of halogens is 5. The maximum Gasteiger partial charge on any atom is 0.416 e. The monoisotopic (exact) mass is 452 g/mol. The molecule has 2 N–H and O–H groups in total. The van der Waals surface area contributed by atoms with E-state index in [2.05, 4.69) is 4.98 Å². The lowest BCUT2D eigenvalue weighted by Gasteiger charge is -2.12. The van der Waals surface area contributed by atoms with E-state index in [0.29, 0.717) is 29.3 Å². The highest BCUT2D eigenvalue weighted by Gasteiger charge is 2.31. The Bertz CT molecular complexity index is 1200. The van der Waals surface area contributed by atoms with E-state index in [1.54, 1.807) is 6.92 Å². The molecule has 3 rings (SSSR count). The van der Waals surface area contributed by atoms with E-state index in [9.17, 15) is 31.5 Å². The summed E-state index contributed by atoms with van der Waals surface area (Å²) in [5.74, 6) is -2.63. The number of amides is 1. The predicted molar refractivity (Wildman–Crippen MR) is 107 cm³/mol. The second-order valence-electron chi connectivity index (χ2n) is 6.74. The number of H-pyrrole nitrogens is 1. The third kappa shape index (κ3) is 5.32. The largest absolute Gasteiger partial charge is 0.488 e. The molecule has 10 heteroatoms. The molecule has 0 unspecified atom stereocenters. The van der Waals surface area contributed by atoms with Gasteiger partial charge in [0.2, 0.25) is 5.91 Å². The third-order valence-electron chi connectivity index (χ3n) is 4.47. The number of aromatic amines is 1. The van der Waals surface area contributed by atoms with Crippen LogP contribution in [0.2, 0.25) is 0 Å². The number of benzene rings is 2. The van der Waals surface area contributed by atoms with Gasteiger partial charge in [0, 0.05) is 11.8 Å². The summed E-state index contributed by atoms with van der Waals surface area (Å²) < 4.78 is 71.9. The van der Waals surface area contributed by atoms with Crippen molar-refractivity contribution in [3.8, 4) is 16.9 Å². The molecular formula is C22H17F5N2O3. The van der Waals surface area contributed by atoms with Gasteiger partial charge in [-0.25, -0.2) is 8.78 Å². The Labute approximate surface area is 178 Å². The molecule has 0 atom stereocenters. The zero-order valence-electron chi connectivity index (χ0n) is 16.6. The molecule has 1 amide bonds. The fraction of sp³-hybridized carbons (Fsp3) is 0.182. The molecule has 1 heterocycles. The summed E-state index contributed by atoms with van der Waals surface area (Å²) in [4.78, 5) is 26.4. The average molecular weight is 452 g/mol. The van der Waals surface area contributed by atoms with E-state index >= 15 is 0 Å². The zero-order chi connectivity index (χ0) is 23.5. The van der Waals surface area contributed by atoms with Crippen molar-refractivity contribution in [2.75, 3.05) is 11.9 Å². The molecule has 3 aromatic rings. The summed E-state index contributed by atoms with van der Waals surface area (Å²) in [5.41, 5.74) is -1.41. The zero-order valence-corrected chi connectivity index (χ0v) is 16.6. The quantitative estimate of drug-likeness (QED) is 0.522. The van der Waals surface area contributed by atoms with Crippen LogP contribution in [0.3, 0.4) is 0 Å². The standard InChI is InChI=1S/C22H17F5N2O3/c1-2-32-19-8-14(11-28-21(19)31)12-3-4-13(17(24)7-12)9-20(30)29-18-10-15(22(25,26)27)5-6-16(18)23/h3-8,10-11H,2,9H2,1H3,(H,28,31)(H,29,30). The molecule has 0 spiro atoms. The van der Waals surface area contributed by atoms with Gasteiger partial charge in [0.25, 0.3) is 5.56 Å². The van der Waals surface area contributed by atoms with Crippen molar-refractivity contribution >= 4 is 11.6 Å². The van der Waals surface area contributed by atoms with Gasteiger partial charge < -0.3 is 15.0 Å². The molecule has 1 aromatic heterocycles. The maximum absolute atomic E-state index is 14.6. The third-order valence-corrected chi connectivity index (χ3v) is 4.47. The highest BCUT2D eigenvalue weighted by Crippen LogP contribution is 2.32. The van der Waals surface area contributed by atoms with Gasteiger partial charge in [0.05, 0.1) is 24.3 Å². The maximum atomic E-state index is 14.6. The van der Waals surface area contributed by atoms with E-state index in [1.807, 2.05) is 5.32 Å². The fourth-order valence-electron chi connectivity index (χ4n) is 2.93. The highest BCUT2D eigenvalue weighted by atomic mass is 19.4. The van der Waals surface area contributed by atoms with Gasteiger partial charge >= 0.3 is 6.18 Å². The van der Waals surface area contributed by atoms with Crippen molar-refractivity contribution in [3.63, 3.8) is 0 Å². The first-order chi connectivity index (χ1) is 15.1. The summed E-state index contributed by atoms with van der Waals surface area (Å²) >= 11 is 0. The van der Waals surface area contributed by atoms with Crippen LogP contribution in [-0.2, 0) is 17.4 Å². The van der Waals surface area contributed by atoms with Crippen molar-refractivity contribution < 1.29 is 31.5 Å². The molecule has 5 nitrogen and oxygen atoms in total. The second kappa shape index (κ2) is 9.21. The molecule has 0 aliphatic rings. The number of aromatic nitrogens is 1. The van der Waals surface area contributed by atoms with E-state index in [1.165, 1.54) is 24.4 Å². The Hall–Kier alpha value is -3.69. The predicted octanol–water partition coefficient (Wildman–Crippen LogP) is 4.92. The average Bonchev–Trinajstić information content (AvgIpc) is 2.72. The molecule has 0 saturated carbocycles. The topological polar surface area (TPSA) is 71.2 Å². The molecule has 0 bridgehead atoms. The van der Waals surface area contributed by atoms with Crippen LogP contribution in [0.25, 0.3) is 11.1 Å². The minimum Gasteiger partial charge on any atom is -0.488 e. The molecule has 0 fully saturated rings. The lowest BCUT2D eigenvalue weighted by molar-refractivity contribution is -0.137. The number of carbonyl (C=O) groups excluding carboxylic acids is 1. The first-order valence-corrected chi connectivity index (χ1v) is 9.39. The Kier molecular flexibility index (Phi) is 6.61. The summed E-state index contributed by atoms with van der Waals surface area (Å²) in [6.07, 6.45) is -3.86. The Balaban J connectivity index is 1.77. The van der Waals surface area contributed by atoms with E-state index < -0.39 is 46.9 Å². The van der Waals surface area contributed by atoms with Crippen molar-refractivity contribution in [3.05, 3.63) is 81.8 Å². The molecular weight excluding hydrogens is 435 g/mol. The number of anilines is 1. The Morgan fingerprint density at radius 3 is 2.44 bits per heavy atom. The number of carbonyl (C=O) groups is 1. The number of ether oxygens (including phenoxy) is 1. The molecule has 32 heavy (non-hydrogen) atoms. The van der Waals surface area contributed by atoms with Gasteiger partial charge in [-0.1, -0.05) is 12.1 Å². The van der Waals surface area contributed by atoms with Crippen LogP contribution < -0.4 is 15.6 Å². The minimum absolute atomic E-state index is 0.0481. The van der Waals surface area contributed by atoms with Gasteiger partial charge in [0.1, 0.15) is 11.6 Å². The molecule has 0 aliphatic carbocycles. The van der Waals surface area contributed by atoms with Gasteiger partial charge in [-0.2, -0.15) is 13.2 Å². The summed E-state index contributed by atoms with van der Waals surface area (Å²) in [5, 5.41) is 2.04. The summed E-state index contributed by atoms with van der Waals surface area (Å²) in [6, 6.07) is 7.01. The van der Waals surface area contributed by atoms with Gasteiger partial charge in [-0.15, -0.1) is 0 Å². The van der Waals surface area contributed by atoms with Crippen LogP contribution in [0.5, 0.6) is 5.75 Å². The first-order valence-electron chi connectivity index (χ1n) is 9.39. The summed E-state index contributed by atoms with van der Waals surface area (Å²) in [7, 11) is 0. The number of rotatable bonds is 6. The molecule has 0 saturated heterocycles. The molecule has 168 valence electrons. The first kappa shape index (κ1) is 23.0. The van der Waals surface area contributed by atoms with E-state index in [-0.39, 0.29) is 17.9 Å². The van der Waals surface area contributed by atoms with Gasteiger partial charge in [0.15, 0.2) is 5.75 Å². The van der Waals surface area contributed by atoms with Crippen molar-refractivity contribution in [1.29, 1.82) is 0 Å². The van der Waals surface area contributed by atoms with Crippen molar-refractivity contribution in [1.82, 2.24) is 4.98 Å². The highest BCUT2D eigenvalue weighted by molar-refractivity contribution is 5.92. The lowest BCUT2D eigenvalue weighted by atomic mass is 10.0. The Morgan fingerprint density at radius 1 is 1.03 bits per heavy atom. The fourth-order valence-corrected chi connectivity index (χ4v) is 2.93. The summed E-state index contributed by atoms with van der Waals surface area (Å²) in [6.45, 7) is 1.97. The van der Waals surface area contributed by atoms with Gasteiger partial charge in [-0.3, -0.25) is 9.59 Å². The van der Waals surface area contributed by atoms with Crippen LogP contribution in [0.15, 0.2) is 53.5 Å². The Morgan fingerprint density at radius 2 is 1.78 bits per heavy atom. The second-order valence-corrected chi connectivity index (χ2v) is 6.74. The van der Waals surface area contributed by atoms with Crippen LogP contribution in [0.4, 0.5) is 27.6 Å². The van der Waals surface area contributed by atoms with Crippen LogP contribution in [0.1, 0.15) is 18.1 Å². The number of nitrogens with one attached hydrogen (secondary N) is 2. The van der Waals surface area contributed by atoms with Crippen LogP contribution >= 0.6 is 0 Å². The SMILES string of the molecule is CCOc1cc(-c2ccc(CC(=O)Nc3cc(C(F)(F)F)ccc3F)c(F)c2)c[nH]c1=O. The van der Waals surface area contributed by atoms with Crippen molar-refractivity contribution in [2.24, 2.45) is 0 Å². The number of hydrogen-bond acceptors (Lipinski definition) is 3. The van der Waals surface area contributed by atoms with Crippen molar-refractivity contribution in [2.45, 2.75) is 19.5 Å². The molecule has 2 aromatic carbocycles. The lowest BCUT2D eigenvalue weighted by Crippen LogP contribution is -2.17. The number of pyridine rings is 1. The van der Waals surface area contributed by atoms with Gasteiger partial charge in [-0.05, 0) is 48.4 Å². The number of alkyl halides is 3. The normalized spacial score (nSPS) is 11.3. The van der Waals surface area contributed by atoms with E-state index in [4.69, 9.17) is 4.74 Å². The van der Waals surface area contributed by atoms with Crippen LogP contribution in [-0.4, -0.2) is 17.5 Å². The smallest absolute Gasteiger partial charge is 0.416 e. The molecule has 0 aliphatic heterocycles. The minimum atomic E-state index is -4.71. The van der Waals surface area contributed by atoms with E-state index in [0.717, 1.165) is 6.07 Å².